The predicted molar refractivity (Wildman–Crippen MR) is 44.8 cm³/mol. The van der Waals surface area contributed by atoms with Crippen molar-refractivity contribution in [3.8, 4) is 5.88 Å². The Balaban J connectivity index is 3.21. The summed E-state index contributed by atoms with van der Waals surface area (Å²) in [6, 6.07) is 0.425. The van der Waals surface area contributed by atoms with Crippen LogP contribution < -0.4 is 10.5 Å². The Kier molecular flexibility index (Phi) is 3.11. The molecule has 0 unspecified atom stereocenters. The molecule has 0 bridgehead atoms. The molecule has 8 heteroatoms. The van der Waals surface area contributed by atoms with Crippen molar-refractivity contribution in [1.29, 1.82) is 0 Å². The Hall–Kier alpha value is -2.12. The number of hydrogen-bond acceptors (Lipinski definition) is 4. The smallest absolute Gasteiger partial charge is 0.391 e. The van der Waals surface area contributed by atoms with E-state index in [0.29, 0.717) is 12.3 Å². The second-order valence-electron chi connectivity index (χ2n) is 2.65. The van der Waals surface area contributed by atoms with E-state index in [0.717, 1.165) is 0 Å². The first-order valence-corrected chi connectivity index (χ1v) is 3.84. The van der Waals surface area contributed by atoms with E-state index >= 15 is 0 Å². The molecule has 0 atom stereocenters. The van der Waals surface area contributed by atoms with Crippen LogP contribution in [0.3, 0.4) is 0 Å². The number of halogens is 3. The van der Waals surface area contributed by atoms with E-state index in [1.54, 1.807) is 0 Å². The van der Waals surface area contributed by atoms with Crippen LogP contribution in [-0.4, -0.2) is 17.4 Å². The number of carbonyl (C=O) groups is 2. The summed E-state index contributed by atoms with van der Waals surface area (Å²) in [6.45, 7) is 0. The van der Waals surface area contributed by atoms with Gasteiger partial charge >= 0.3 is 12.3 Å². The summed E-state index contributed by atoms with van der Waals surface area (Å²) in [6.07, 6.45) is -5.38. The summed E-state index contributed by atoms with van der Waals surface area (Å²) in [5, 5.41) is 0. The lowest BCUT2D eigenvalue weighted by molar-refractivity contribution is -0.138. The number of nitrogens with two attached hydrogens (primary N) is 1. The molecular formula is C8H5F3N2O3. The first-order chi connectivity index (χ1) is 7.34. The molecule has 0 saturated carbocycles. The van der Waals surface area contributed by atoms with Crippen molar-refractivity contribution in [1.82, 2.24) is 4.98 Å². The average Bonchev–Trinajstić information content (AvgIpc) is 2.15. The molecule has 5 nitrogen and oxygen atoms in total. The zero-order valence-corrected chi connectivity index (χ0v) is 7.62. The molecule has 0 radical (unpaired) electrons. The Morgan fingerprint density at radius 1 is 1.50 bits per heavy atom. The minimum absolute atomic E-state index is 0.00384. The Morgan fingerprint density at radius 2 is 2.12 bits per heavy atom. The maximum absolute atomic E-state index is 12.4. The normalized spacial score (nSPS) is 10.9. The zero-order chi connectivity index (χ0) is 12.3. The van der Waals surface area contributed by atoms with Gasteiger partial charge in [0, 0.05) is 17.8 Å². The fraction of sp³-hybridized carbons (Fsp3) is 0.125. The fourth-order valence-corrected chi connectivity index (χ4v) is 0.945. The molecule has 1 aromatic heterocycles. The van der Waals surface area contributed by atoms with E-state index < -0.39 is 29.3 Å². The number of nitrogens with zero attached hydrogens (tertiary/aromatic N) is 1. The highest BCUT2D eigenvalue weighted by molar-refractivity contribution is 5.77. The molecule has 0 fully saturated rings. The van der Waals surface area contributed by atoms with Gasteiger partial charge in [-0.25, -0.2) is 9.78 Å². The standard InChI is InChI=1S/C8H5F3N2O3/c9-8(10,11)5-1-6(16-7(12)15)13-2-4(5)3-14/h1-3H,(H2,12,15). The van der Waals surface area contributed by atoms with Crippen molar-refractivity contribution in [2.75, 3.05) is 0 Å². The van der Waals surface area contributed by atoms with Crippen molar-refractivity contribution in [3.05, 3.63) is 23.4 Å². The van der Waals surface area contributed by atoms with Crippen molar-refractivity contribution in [3.63, 3.8) is 0 Å². The van der Waals surface area contributed by atoms with Crippen LogP contribution in [0.25, 0.3) is 0 Å². The predicted octanol–water partition coefficient (Wildman–Crippen LogP) is 1.37. The monoisotopic (exact) mass is 234 g/mol. The number of carbonyl (C=O) groups excluding carboxylic acids is 2. The molecule has 86 valence electrons. The molecule has 16 heavy (non-hydrogen) atoms. The largest absolute Gasteiger partial charge is 0.417 e. The van der Waals surface area contributed by atoms with E-state index in [-0.39, 0.29) is 6.29 Å². The van der Waals surface area contributed by atoms with Gasteiger partial charge in [-0.05, 0) is 0 Å². The summed E-state index contributed by atoms with van der Waals surface area (Å²) >= 11 is 0. The number of pyridine rings is 1. The van der Waals surface area contributed by atoms with E-state index in [2.05, 4.69) is 15.5 Å². The van der Waals surface area contributed by atoms with Gasteiger partial charge in [0.25, 0.3) is 0 Å². The molecular weight excluding hydrogens is 229 g/mol. The van der Waals surface area contributed by atoms with Gasteiger partial charge in [0.2, 0.25) is 5.88 Å². The van der Waals surface area contributed by atoms with Crippen molar-refractivity contribution in [2.24, 2.45) is 5.73 Å². The van der Waals surface area contributed by atoms with Crippen LogP contribution in [0.15, 0.2) is 12.3 Å². The molecule has 0 saturated heterocycles. The van der Waals surface area contributed by atoms with Gasteiger partial charge in [0.1, 0.15) is 0 Å². The van der Waals surface area contributed by atoms with E-state index in [1.165, 1.54) is 0 Å². The Morgan fingerprint density at radius 3 is 2.56 bits per heavy atom. The minimum Gasteiger partial charge on any atom is -0.391 e. The first kappa shape index (κ1) is 12.0. The second-order valence-corrected chi connectivity index (χ2v) is 2.65. The average molecular weight is 234 g/mol. The van der Waals surface area contributed by atoms with Crippen molar-refractivity contribution in [2.45, 2.75) is 6.18 Å². The number of hydrogen-bond donors (Lipinski definition) is 1. The molecule has 1 rings (SSSR count). The highest BCUT2D eigenvalue weighted by Gasteiger charge is 2.34. The van der Waals surface area contributed by atoms with Gasteiger partial charge in [-0.15, -0.1) is 0 Å². The third-order valence-electron chi connectivity index (χ3n) is 1.55. The van der Waals surface area contributed by atoms with Crippen LogP contribution in [0.2, 0.25) is 0 Å². The highest BCUT2D eigenvalue weighted by atomic mass is 19.4. The number of ether oxygens (including phenoxy) is 1. The molecule has 0 aliphatic heterocycles. The number of primary amides is 1. The third-order valence-corrected chi connectivity index (χ3v) is 1.55. The van der Waals surface area contributed by atoms with Crippen LogP contribution in [0.1, 0.15) is 15.9 Å². The Bertz CT molecular complexity index is 431. The summed E-state index contributed by atoms with van der Waals surface area (Å²) in [5.41, 5.74) is 2.71. The number of aromatic nitrogens is 1. The lowest BCUT2D eigenvalue weighted by Gasteiger charge is -2.09. The summed E-state index contributed by atoms with van der Waals surface area (Å²) < 4.78 is 41.3. The molecule has 2 N–H and O–H groups in total. The van der Waals surface area contributed by atoms with Crippen molar-refractivity contribution >= 4 is 12.4 Å². The molecule has 0 spiro atoms. The molecule has 0 aliphatic carbocycles. The van der Waals surface area contributed by atoms with Crippen LogP contribution in [-0.2, 0) is 6.18 Å². The zero-order valence-electron chi connectivity index (χ0n) is 7.62. The van der Waals surface area contributed by atoms with Crippen LogP contribution in [0.5, 0.6) is 5.88 Å². The summed E-state index contributed by atoms with van der Waals surface area (Å²) in [7, 11) is 0. The van der Waals surface area contributed by atoms with Gasteiger partial charge in [-0.2, -0.15) is 13.2 Å². The number of amides is 1. The number of rotatable bonds is 2. The molecule has 1 aromatic rings. The minimum atomic E-state index is -4.74. The maximum Gasteiger partial charge on any atom is 0.417 e. The second kappa shape index (κ2) is 4.17. The Labute approximate surface area is 87.0 Å². The quantitative estimate of drug-likeness (QED) is 0.783. The SMILES string of the molecule is NC(=O)Oc1cc(C(F)(F)F)c(C=O)cn1. The fourth-order valence-electron chi connectivity index (χ4n) is 0.945. The summed E-state index contributed by atoms with van der Waals surface area (Å²) in [5.74, 6) is -0.620. The van der Waals surface area contributed by atoms with Gasteiger partial charge in [-0.1, -0.05) is 0 Å². The molecule has 1 heterocycles. The van der Waals surface area contributed by atoms with Crippen molar-refractivity contribution < 1.29 is 27.5 Å². The van der Waals surface area contributed by atoms with Gasteiger partial charge in [0.15, 0.2) is 6.29 Å². The van der Waals surface area contributed by atoms with Crippen LogP contribution in [0, 0.1) is 0 Å². The lowest BCUT2D eigenvalue weighted by atomic mass is 10.1. The summed E-state index contributed by atoms with van der Waals surface area (Å²) in [4.78, 5) is 23.9. The molecule has 0 aromatic carbocycles. The molecule has 0 aliphatic rings. The number of aldehydes is 1. The van der Waals surface area contributed by atoms with Crippen LogP contribution >= 0.6 is 0 Å². The number of alkyl halides is 3. The third kappa shape index (κ3) is 2.69. The van der Waals surface area contributed by atoms with Gasteiger partial charge in [-0.3, -0.25) is 4.79 Å². The van der Waals surface area contributed by atoms with Gasteiger partial charge < -0.3 is 10.5 Å². The molecule has 1 amide bonds. The first-order valence-electron chi connectivity index (χ1n) is 3.84. The van der Waals surface area contributed by atoms with Crippen LogP contribution in [0.4, 0.5) is 18.0 Å². The lowest BCUT2D eigenvalue weighted by Crippen LogP contribution is -2.18. The topological polar surface area (TPSA) is 82.3 Å². The maximum atomic E-state index is 12.4. The van der Waals surface area contributed by atoms with Gasteiger partial charge in [0.05, 0.1) is 5.56 Å². The highest BCUT2D eigenvalue weighted by Crippen LogP contribution is 2.32. The van der Waals surface area contributed by atoms with E-state index in [9.17, 15) is 22.8 Å². The van der Waals surface area contributed by atoms with E-state index in [4.69, 9.17) is 0 Å². The van der Waals surface area contributed by atoms with E-state index in [1.807, 2.05) is 0 Å².